The van der Waals surface area contributed by atoms with E-state index in [2.05, 4.69) is 15.9 Å². The molecule has 0 aliphatic heterocycles. The fourth-order valence-corrected chi connectivity index (χ4v) is 1.75. The van der Waals surface area contributed by atoms with Crippen LogP contribution >= 0.6 is 15.9 Å². The van der Waals surface area contributed by atoms with E-state index in [1.54, 1.807) is 6.26 Å². The lowest BCUT2D eigenvalue weighted by atomic mass is 10.0. The van der Waals surface area contributed by atoms with Gasteiger partial charge in [-0.25, -0.2) is 0 Å². The monoisotopic (exact) mass is 244 g/mol. The van der Waals surface area contributed by atoms with Gasteiger partial charge in [-0.05, 0) is 34.8 Å². The summed E-state index contributed by atoms with van der Waals surface area (Å²) in [5.74, 6) is 0.0341. The molecule has 1 fully saturated rings. The Bertz CT molecular complexity index is 338. The van der Waals surface area contributed by atoms with Crippen molar-refractivity contribution in [3.63, 3.8) is 0 Å². The number of carboxylic acids is 1. The third-order valence-electron chi connectivity index (χ3n) is 2.44. The molecule has 70 valence electrons. The first-order valence-electron chi connectivity index (χ1n) is 4.09. The third-order valence-corrected chi connectivity index (χ3v) is 2.86. The van der Waals surface area contributed by atoms with E-state index in [1.165, 1.54) is 0 Å². The van der Waals surface area contributed by atoms with Crippen molar-refractivity contribution in [2.24, 2.45) is 5.41 Å². The van der Waals surface area contributed by atoms with Gasteiger partial charge < -0.3 is 9.52 Å². The van der Waals surface area contributed by atoms with E-state index in [4.69, 9.17) is 9.52 Å². The van der Waals surface area contributed by atoms with E-state index in [-0.39, 0.29) is 0 Å². The van der Waals surface area contributed by atoms with Gasteiger partial charge in [0.15, 0.2) is 0 Å². The molecule has 1 aromatic heterocycles. The Hall–Kier alpha value is -0.770. The number of halogens is 1. The first-order valence-corrected chi connectivity index (χ1v) is 4.88. The van der Waals surface area contributed by atoms with Crippen molar-refractivity contribution in [1.29, 1.82) is 0 Å². The van der Waals surface area contributed by atoms with E-state index >= 15 is 0 Å². The quantitative estimate of drug-likeness (QED) is 0.889. The van der Waals surface area contributed by atoms with Crippen LogP contribution in [0.5, 0.6) is 0 Å². The molecule has 1 aliphatic rings. The SMILES string of the molecule is O=C(O)C1(Cc2cc(Br)co2)CC1. The molecule has 3 nitrogen and oxygen atoms in total. The fourth-order valence-electron chi connectivity index (χ4n) is 1.40. The van der Waals surface area contributed by atoms with Gasteiger partial charge in [0.2, 0.25) is 0 Å². The summed E-state index contributed by atoms with van der Waals surface area (Å²) in [6.45, 7) is 0. The van der Waals surface area contributed by atoms with E-state index < -0.39 is 11.4 Å². The van der Waals surface area contributed by atoms with Crippen molar-refractivity contribution in [3.05, 3.63) is 22.6 Å². The van der Waals surface area contributed by atoms with Gasteiger partial charge in [-0.3, -0.25) is 4.79 Å². The Morgan fingerprint density at radius 3 is 2.77 bits per heavy atom. The summed E-state index contributed by atoms with van der Waals surface area (Å²) in [5, 5.41) is 8.92. The summed E-state index contributed by atoms with van der Waals surface area (Å²) in [5.41, 5.74) is -0.530. The second-order valence-electron chi connectivity index (χ2n) is 3.49. The maximum absolute atomic E-state index is 10.8. The molecule has 0 spiro atoms. The minimum absolute atomic E-state index is 0.508. The van der Waals surface area contributed by atoms with Crippen LogP contribution in [0, 0.1) is 5.41 Å². The smallest absolute Gasteiger partial charge is 0.310 e. The molecular formula is C9H9BrO3. The first kappa shape index (κ1) is 8.81. The molecule has 0 atom stereocenters. The second-order valence-corrected chi connectivity index (χ2v) is 4.41. The number of furan rings is 1. The summed E-state index contributed by atoms with van der Waals surface area (Å²) in [7, 11) is 0. The highest BCUT2D eigenvalue weighted by molar-refractivity contribution is 9.10. The summed E-state index contributed by atoms with van der Waals surface area (Å²) >= 11 is 3.26. The number of aliphatic carboxylic acids is 1. The molecule has 1 heterocycles. The summed E-state index contributed by atoms with van der Waals surface area (Å²) in [6, 6.07) is 1.82. The molecule has 1 aliphatic carbocycles. The van der Waals surface area contributed by atoms with E-state index in [9.17, 15) is 4.79 Å². The Morgan fingerprint density at radius 2 is 2.38 bits per heavy atom. The van der Waals surface area contributed by atoms with Crippen LogP contribution in [0.4, 0.5) is 0 Å². The zero-order chi connectivity index (χ0) is 9.47. The molecule has 0 radical (unpaired) electrons. The summed E-state index contributed by atoms with van der Waals surface area (Å²) in [4.78, 5) is 10.8. The highest BCUT2D eigenvalue weighted by atomic mass is 79.9. The highest BCUT2D eigenvalue weighted by Crippen LogP contribution is 2.48. The van der Waals surface area contributed by atoms with Gasteiger partial charge in [-0.15, -0.1) is 0 Å². The van der Waals surface area contributed by atoms with Crippen LogP contribution in [0.1, 0.15) is 18.6 Å². The Balaban J connectivity index is 2.10. The molecule has 1 saturated carbocycles. The molecule has 0 aromatic carbocycles. The topological polar surface area (TPSA) is 50.4 Å². The summed E-state index contributed by atoms with van der Waals surface area (Å²) in [6.07, 6.45) is 3.61. The zero-order valence-electron chi connectivity index (χ0n) is 6.92. The van der Waals surface area contributed by atoms with E-state index in [1.807, 2.05) is 6.07 Å². The third kappa shape index (κ3) is 1.63. The Kier molecular flexibility index (Phi) is 1.95. The van der Waals surface area contributed by atoms with E-state index in [0.717, 1.165) is 23.1 Å². The van der Waals surface area contributed by atoms with Gasteiger partial charge >= 0.3 is 5.97 Å². The largest absolute Gasteiger partial charge is 0.481 e. The standard InChI is InChI=1S/C9H9BrO3/c10-6-3-7(13-5-6)4-9(1-2-9)8(11)12/h3,5H,1-2,4H2,(H,11,12). The van der Waals surface area contributed by atoms with Crippen molar-refractivity contribution >= 4 is 21.9 Å². The van der Waals surface area contributed by atoms with Crippen molar-refractivity contribution in [1.82, 2.24) is 0 Å². The highest BCUT2D eigenvalue weighted by Gasteiger charge is 2.50. The molecule has 13 heavy (non-hydrogen) atoms. The van der Waals surface area contributed by atoms with Gasteiger partial charge in [0, 0.05) is 6.42 Å². The van der Waals surface area contributed by atoms with Gasteiger partial charge in [-0.1, -0.05) is 0 Å². The van der Waals surface area contributed by atoms with E-state index in [0.29, 0.717) is 6.42 Å². The van der Waals surface area contributed by atoms with Crippen LogP contribution in [0.3, 0.4) is 0 Å². The second kappa shape index (κ2) is 2.87. The predicted octanol–water partition coefficient (Wildman–Crippen LogP) is 2.45. The van der Waals surface area contributed by atoms with Crippen LogP contribution in [0.25, 0.3) is 0 Å². The maximum atomic E-state index is 10.8. The minimum Gasteiger partial charge on any atom is -0.481 e. The molecule has 0 saturated heterocycles. The van der Waals surface area contributed by atoms with Gasteiger partial charge in [-0.2, -0.15) is 0 Å². The summed E-state index contributed by atoms with van der Waals surface area (Å²) < 4.78 is 6.04. The Labute approximate surface area is 83.9 Å². The lowest BCUT2D eigenvalue weighted by Gasteiger charge is -2.05. The molecule has 4 heteroatoms. The van der Waals surface area contributed by atoms with Gasteiger partial charge in [0.05, 0.1) is 9.89 Å². The first-order chi connectivity index (χ1) is 6.12. The normalized spacial score (nSPS) is 18.5. The predicted molar refractivity (Wildman–Crippen MR) is 49.4 cm³/mol. The lowest BCUT2D eigenvalue weighted by Crippen LogP contribution is -2.17. The van der Waals surface area contributed by atoms with Crippen molar-refractivity contribution < 1.29 is 14.3 Å². The average molecular weight is 245 g/mol. The number of rotatable bonds is 3. The number of hydrogen-bond donors (Lipinski definition) is 1. The number of carboxylic acid groups (broad SMARTS) is 1. The molecule has 0 unspecified atom stereocenters. The fraction of sp³-hybridized carbons (Fsp3) is 0.444. The lowest BCUT2D eigenvalue weighted by molar-refractivity contribution is -0.143. The van der Waals surface area contributed by atoms with Crippen molar-refractivity contribution in [2.75, 3.05) is 0 Å². The van der Waals surface area contributed by atoms with Crippen LogP contribution in [0.15, 0.2) is 21.2 Å². The van der Waals surface area contributed by atoms with Crippen LogP contribution in [0.2, 0.25) is 0 Å². The van der Waals surface area contributed by atoms with Crippen molar-refractivity contribution in [2.45, 2.75) is 19.3 Å². The molecular weight excluding hydrogens is 236 g/mol. The average Bonchev–Trinajstić information content (AvgIpc) is 2.72. The Morgan fingerprint density at radius 1 is 1.69 bits per heavy atom. The molecule has 1 aromatic rings. The maximum Gasteiger partial charge on any atom is 0.310 e. The van der Waals surface area contributed by atoms with Crippen LogP contribution < -0.4 is 0 Å². The zero-order valence-corrected chi connectivity index (χ0v) is 8.50. The molecule has 0 amide bonds. The van der Waals surface area contributed by atoms with Crippen LogP contribution in [-0.4, -0.2) is 11.1 Å². The van der Waals surface area contributed by atoms with Gasteiger partial charge in [0.1, 0.15) is 12.0 Å². The number of hydrogen-bond acceptors (Lipinski definition) is 2. The van der Waals surface area contributed by atoms with Crippen molar-refractivity contribution in [3.8, 4) is 0 Å². The molecule has 2 rings (SSSR count). The molecule has 0 bridgehead atoms. The minimum atomic E-state index is -0.708. The molecule has 1 N–H and O–H groups in total. The van der Waals surface area contributed by atoms with Gasteiger partial charge in [0.25, 0.3) is 0 Å². The van der Waals surface area contributed by atoms with Crippen LogP contribution in [-0.2, 0) is 11.2 Å². The number of carbonyl (C=O) groups is 1.